The van der Waals surface area contributed by atoms with Crippen LogP contribution < -0.4 is 5.32 Å². The molecule has 5 heteroatoms. The minimum Gasteiger partial charge on any atom is -0.395 e. The van der Waals surface area contributed by atoms with Gasteiger partial charge in [-0.2, -0.15) is 0 Å². The summed E-state index contributed by atoms with van der Waals surface area (Å²) in [4.78, 5) is 13.9. The summed E-state index contributed by atoms with van der Waals surface area (Å²) in [7, 11) is 3.65. The number of amides is 1. The van der Waals surface area contributed by atoms with Crippen molar-refractivity contribution < 1.29 is 15.0 Å². The average Bonchev–Trinajstić information content (AvgIpc) is 2.67. The number of hydrogen-bond donors (Lipinski definition) is 3. The van der Waals surface area contributed by atoms with Crippen molar-refractivity contribution in [3.63, 3.8) is 0 Å². The number of nitrogens with zero attached hydrogens (tertiary/aromatic N) is 1. The monoisotopic (exact) mass is 392 g/mol. The molecule has 0 radical (unpaired) electrons. The van der Waals surface area contributed by atoms with Crippen LogP contribution >= 0.6 is 0 Å². The molecule has 28 heavy (non-hydrogen) atoms. The lowest BCUT2D eigenvalue weighted by Gasteiger charge is -2.27. The third kappa shape index (κ3) is 9.67. The first-order chi connectivity index (χ1) is 13.5. The van der Waals surface area contributed by atoms with Gasteiger partial charge in [0.2, 0.25) is 5.91 Å². The molecular formula is C23H40N2O3. The molecule has 1 aromatic carbocycles. The van der Waals surface area contributed by atoms with Gasteiger partial charge in [-0.15, -0.1) is 0 Å². The number of rotatable bonds is 15. The summed E-state index contributed by atoms with van der Waals surface area (Å²) in [6.07, 6.45) is 10.9. The fourth-order valence-electron chi connectivity index (χ4n) is 3.35. The highest BCUT2D eigenvalue weighted by atomic mass is 16.3. The van der Waals surface area contributed by atoms with Gasteiger partial charge in [-0.25, -0.2) is 0 Å². The van der Waals surface area contributed by atoms with E-state index >= 15 is 0 Å². The van der Waals surface area contributed by atoms with Crippen LogP contribution in [0.25, 0.3) is 0 Å². The first kappa shape index (κ1) is 24.6. The van der Waals surface area contributed by atoms with E-state index in [9.17, 15) is 15.0 Å². The van der Waals surface area contributed by atoms with Gasteiger partial charge < -0.3 is 20.4 Å². The summed E-state index contributed by atoms with van der Waals surface area (Å²) in [5.41, 5.74) is 1.46. The van der Waals surface area contributed by atoms with E-state index in [0.29, 0.717) is 6.42 Å². The second-order valence-corrected chi connectivity index (χ2v) is 7.91. The van der Waals surface area contributed by atoms with Crippen molar-refractivity contribution in [3.05, 3.63) is 29.8 Å². The van der Waals surface area contributed by atoms with E-state index in [-0.39, 0.29) is 18.6 Å². The van der Waals surface area contributed by atoms with Crippen molar-refractivity contribution in [1.82, 2.24) is 4.90 Å². The standard InChI is InChI=1S/C23H40N2O3/c1-4-5-6-7-8-9-10-11-12-13-22(27)24-20-16-14-19(15-17-20)23(28)21(18-26)25(2)3/h14-17,21,23,26,28H,4-13,18H2,1-3H3,(H,24,27). The molecule has 0 aliphatic rings. The van der Waals surface area contributed by atoms with Crippen LogP contribution in [0.3, 0.4) is 0 Å². The van der Waals surface area contributed by atoms with Crippen LogP contribution in [0.5, 0.6) is 0 Å². The number of hydrogen-bond acceptors (Lipinski definition) is 4. The number of carbonyl (C=O) groups excluding carboxylic acids is 1. The smallest absolute Gasteiger partial charge is 0.224 e. The lowest BCUT2D eigenvalue weighted by Crippen LogP contribution is -2.37. The van der Waals surface area contributed by atoms with Crippen molar-refractivity contribution in [2.24, 2.45) is 0 Å². The minimum atomic E-state index is -0.772. The maximum Gasteiger partial charge on any atom is 0.224 e. The SMILES string of the molecule is CCCCCCCCCCCC(=O)Nc1ccc(C(O)C(CO)N(C)C)cc1. The molecule has 0 aromatic heterocycles. The first-order valence-electron chi connectivity index (χ1n) is 10.8. The molecule has 0 aliphatic carbocycles. The molecule has 0 fully saturated rings. The third-order valence-electron chi connectivity index (χ3n) is 5.26. The van der Waals surface area contributed by atoms with E-state index in [2.05, 4.69) is 12.2 Å². The maximum absolute atomic E-state index is 12.1. The van der Waals surface area contributed by atoms with Crippen molar-refractivity contribution in [2.45, 2.75) is 83.3 Å². The molecule has 1 rings (SSSR count). The van der Waals surface area contributed by atoms with Crippen molar-refractivity contribution in [3.8, 4) is 0 Å². The van der Waals surface area contributed by atoms with Crippen molar-refractivity contribution in [1.29, 1.82) is 0 Å². The molecule has 2 atom stereocenters. The summed E-state index contributed by atoms with van der Waals surface area (Å²) < 4.78 is 0. The van der Waals surface area contributed by atoms with Crippen molar-refractivity contribution >= 4 is 11.6 Å². The zero-order valence-electron chi connectivity index (χ0n) is 18.0. The largest absolute Gasteiger partial charge is 0.395 e. The van der Waals surface area contributed by atoms with Crippen LogP contribution in [0.1, 0.15) is 82.8 Å². The van der Waals surface area contributed by atoms with Crippen LogP contribution in [-0.2, 0) is 4.79 Å². The van der Waals surface area contributed by atoms with Crippen LogP contribution in [0.15, 0.2) is 24.3 Å². The Balaban J connectivity index is 2.26. The van der Waals surface area contributed by atoms with Gasteiger partial charge in [0, 0.05) is 12.1 Å². The molecule has 0 bridgehead atoms. The van der Waals surface area contributed by atoms with Crippen LogP contribution in [0.4, 0.5) is 5.69 Å². The van der Waals surface area contributed by atoms with Gasteiger partial charge in [0.1, 0.15) is 0 Å². The Bertz CT molecular complexity index is 531. The Morgan fingerprint density at radius 1 is 0.964 bits per heavy atom. The molecule has 160 valence electrons. The molecule has 5 nitrogen and oxygen atoms in total. The van der Waals surface area contributed by atoms with Gasteiger partial charge >= 0.3 is 0 Å². The number of nitrogens with one attached hydrogen (secondary N) is 1. The van der Waals surface area contributed by atoms with Crippen LogP contribution in [-0.4, -0.2) is 47.8 Å². The molecule has 3 N–H and O–H groups in total. The second-order valence-electron chi connectivity index (χ2n) is 7.91. The van der Waals surface area contributed by atoms with E-state index in [1.165, 1.54) is 44.9 Å². The van der Waals surface area contributed by atoms with Gasteiger partial charge in [-0.3, -0.25) is 4.79 Å². The Morgan fingerprint density at radius 2 is 1.50 bits per heavy atom. The average molecular weight is 393 g/mol. The predicted octanol–water partition coefficient (Wildman–Crippen LogP) is 4.50. The van der Waals surface area contributed by atoms with Gasteiger partial charge in [0.15, 0.2) is 0 Å². The fourth-order valence-corrected chi connectivity index (χ4v) is 3.35. The van der Waals surface area contributed by atoms with E-state index in [1.54, 1.807) is 29.2 Å². The zero-order chi connectivity index (χ0) is 20.8. The molecule has 0 aliphatic heterocycles. The van der Waals surface area contributed by atoms with Gasteiger partial charge in [0.05, 0.1) is 18.8 Å². The number of anilines is 1. The number of benzene rings is 1. The highest BCUT2D eigenvalue weighted by molar-refractivity contribution is 5.90. The summed E-state index contributed by atoms with van der Waals surface area (Å²) in [5, 5.41) is 22.7. The molecule has 1 aromatic rings. The number of carbonyl (C=O) groups is 1. The van der Waals surface area contributed by atoms with E-state index in [1.807, 2.05) is 14.1 Å². The number of aliphatic hydroxyl groups excluding tert-OH is 2. The van der Waals surface area contributed by atoms with Crippen LogP contribution in [0, 0.1) is 0 Å². The summed E-state index contributed by atoms with van der Waals surface area (Å²) >= 11 is 0. The first-order valence-corrected chi connectivity index (χ1v) is 10.8. The van der Waals surface area contributed by atoms with E-state index in [4.69, 9.17) is 0 Å². The van der Waals surface area contributed by atoms with Crippen molar-refractivity contribution in [2.75, 3.05) is 26.0 Å². The predicted molar refractivity (Wildman–Crippen MR) is 116 cm³/mol. The van der Waals surface area contributed by atoms with Gasteiger partial charge in [-0.05, 0) is 38.2 Å². The van der Waals surface area contributed by atoms with E-state index < -0.39 is 6.10 Å². The lowest BCUT2D eigenvalue weighted by molar-refractivity contribution is -0.116. The topological polar surface area (TPSA) is 72.8 Å². The Labute approximate surface area is 171 Å². The van der Waals surface area contributed by atoms with E-state index in [0.717, 1.165) is 24.1 Å². The Kier molecular flexibility index (Phi) is 12.8. The third-order valence-corrected chi connectivity index (χ3v) is 5.26. The molecule has 0 heterocycles. The molecule has 0 saturated carbocycles. The quantitative estimate of drug-likeness (QED) is 0.384. The Hall–Kier alpha value is -1.43. The highest BCUT2D eigenvalue weighted by Gasteiger charge is 2.22. The molecular weight excluding hydrogens is 352 g/mol. The lowest BCUT2D eigenvalue weighted by atomic mass is 10.0. The van der Waals surface area contributed by atoms with Gasteiger partial charge in [-0.1, -0.05) is 70.4 Å². The Morgan fingerprint density at radius 3 is 2.00 bits per heavy atom. The number of likely N-dealkylation sites (N-methyl/N-ethyl adjacent to an activating group) is 1. The number of unbranched alkanes of at least 4 members (excludes halogenated alkanes) is 8. The molecule has 1 amide bonds. The highest BCUT2D eigenvalue weighted by Crippen LogP contribution is 2.21. The molecule has 0 spiro atoms. The molecule has 2 unspecified atom stereocenters. The fraction of sp³-hybridized carbons (Fsp3) is 0.696. The molecule has 0 saturated heterocycles. The summed E-state index contributed by atoms with van der Waals surface area (Å²) in [5.74, 6) is 0.0396. The summed E-state index contributed by atoms with van der Waals surface area (Å²) in [6, 6.07) is 6.84. The van der Waals surface area contributed by atoms with Crippen LogP contribution in [0.2, 0.25) is 0 Å². The van der Waals surface area contributed by atoms with Gasteiger partial charge in [0.25, 0.3) is 0 Å². The minimum absolute atomic E-state index is 0.0396. The maximum atomic E-state index is 12.1. The normalized spacial score (nSPS) is 13.5. The second kappa shape index (κ2) is 14.6. The number of aliphatic hydroxyl groups is 2. The zero-order valence-corrected chi connectivity index (χ0v) is 18.0. The summed E-state index contributed by atoms with van der Waals surface area (Å²) in [6.45, 7) is 2.12.